The van der Waals surface area contributed by atoms with Crippen LogP contribution in [-0.2, 0) is 7.05 Å². The van der Waals surface area contributed by atoms with Gasteiger partial charge in [0.15, 0.2) is 5.69 Å². The van der Waals surface area contributed by atoms with Gasteiger partial charge in [-0.3, -0.25) is 19.8 Å². The SMILES string of the molecule is [C-]#[N+]c1ccc2c(n1)c(N1CCN(C(c3ccccc3)c3ccc(Cl)cc3)CC1)c([N+](=O)[O-])c(=O)n2C. The van der Waals surface area contributed by atoms with Gasteiger partial charge in [-0.2, -0.15) is 0 Å². The van der Waals surface area contributed by atoms with Crippen LogP contribution in [0.1, 0.15) is 17.2 Å². The molecule has 2 aromatic heterocycles. The van der Waals surface area contributed by atoms with Crippen LogP contribution in [0.4, 0.5) is 17.2 Å². The highest BCUT2D eigenvalue weighted by molar-refractivity contribution is 6.30. The lowest BCUT2D eigenvalue weighted by Gasteiger charge is -2.40. The van der Waals surface area contributed by atoms with E-state index in [0.29, 0.717) is 36.7 Å². The molecular weight excluding hydrogens is 492 g/mol. The number of fused-ring (bicyclic) bond motifs is 1. The molecule has 9 nitrogen and oxygen atoms in total. The van der Waals surface area contributed by atoms with Crippen molar-refractivity contribution in [3.05, 3.63) is 115 Å². The summed E-state index contributed by atoms with van der Waals surface area (Å²) < 4.78 is 1.22. The van der Waals surface area contributed by atoms with Crippen molar-refractivity contribution in [2.75, 3.05) is 31.1 Å². The Morgan fingerprint density at radius 3 is 2.27 bits per heavy atom. The van der Waals surface area contributed by atoms with Crippen LogP contribution < -0.4 is 10.5 Å². The predicted molar refractivity (Wildman–Crippen MR) is 143 cm³/mol. The fraction of sp³-hybridized carbons (Fsp3) is 0.222. The minimum Gasteiger partial charge on any atom is -0.361 e. The van der Waals surface area contributed by atoms with Crippen molar-refractivity contribution in [2.24, 2.45) is 7.05 Å². The first-order chi connectivity index (χ1) is 17.9. The van der Waals surface area contributed by atoms with E-state index in [-0.39, 0.29) is 23.1 Å². The Morgan fingerprint density at radius 2 is 1.65 bits per heavy atom. The Hall–Kier alpha value is -4.26. The number of aryl methyl sites for hydroxylation is 1. The van der Waals surface area contributed by atoms with Crippen LogP contribution in [0, 0.1) is 16.7 Å². The lowest BCUT2D eigenvalue weighted by molar-refractivity contribution is -0.385. The van der Waals surface area contributed by atoms with Crippen LogP contribution in [0.25, 0.3) is 15.9 Å². The number of aromatic nitrogens is 2. The van der Waals surface area contributed by atoms with Crippen molar-refractivity contribution in [3.63, 3.8) is 0 Å². The monoisotopic (exact) mass is 514 g/mol. The molecule has 1 unspecified atom stereocenters. The number of nitro groups is 1. The van der Waals surface area contributed by atoms with E-state index in [9.17, 15) is 14.9 Å². The second kappa shape index (κ2) is 10.0. The molecule has 0 aliphatic carbocycles. The van der Waals surface area contributed by atoms with Gasteiger partial charge in [0, 0.05) is 38.2 Å². The molecule has 4 aromatic rings. The van der Waals surface area contributed by atoms with Crippen molar-refractivity contribution in [3.8, 4) is 0 Å². The molecule has 0 N–H and O–H groups in total. The number of halogens is 1. The number of anilines is 1. The van der Waals surface area contributed by atoms with Crippen molar-refractivity contribution < 1.29 is 4.92 Å². The molecule has 1 aliphatic rings. The van der Waals surface area contributed by atoms with Crippen molar-refractivity contribution >= 4 is 39.8 Å². The van der Waals surface area contributed by atoms with E-state index >= 15 is 0 Å². The van der Waals surface area contributed by atoms with Crippen molar-refractivity contribution in [1.82, 2.24) is 14.5 Å². The van der Waals surface area contributed by atoms with E-state index in [0.717, 1.165) is 11.1 Å². The first-order valence-corrected chi connectivity index (χ1v) is 12.1. The van der Waals surface area contributed by atoms with Crippen LogP contribution in [0.15, 0.2) is 71.5 Å². The molecule has 186 valence electrons. The molecule has 0 saturated carbocycles. The van der Waals surface area contributed by atoms with E-state index in [1.54, 1.807) is 6.07 Å². The highest BCUT2D eigenvalue weighted by Gasteiger charge is 2.34. The average Bonchev–Trinajstić information content (AvgIpc) is 2.92. The Labute approximate surface area is 218 Å². The molecule has 1 atom stereocenters. The van der Waals surface area contributed by atoms with Gasteiger partial charge in [0.2, 0.25) is 5.52 Å². The number of piperazine rings is 1. The summed E-state index contributed by atoms with van der Waals surface area (Å²) in [5, 5.41) is 12.7. The number of hydrogen-bond acceptors (Lipinski definition) is 6. The molecule has 5 rings (SSSR count). The maximum absolute atomic E-state index is 13.0. The van der Waals surface area contributed by atoms with Gasteiger partial charge in [0.05, 0.1) is 16.5 Å². The highest BCUT2D eigenvalue weighted by Crippen LogP contribution is 2.36. The fourth-order valence-corrected chi connectivity index (χ4v) is 5.12. The molecule has 3 heterocycles. The zero-order chi connectivity index (χ0) is 26.1. The molecule has 1 aliphatic heterocycles. The molecule has 0 radical (unpaired) electrons. The molecule has 1 fully saturated rings. The molecule has 10 heteroatoms. The van der Waals surface area contributed by atoms with Crippen LogP contribution >= 0.6 is 11.6 Å². The van der Waals surface area contributed by atoms with Gasteiger partial charge in [-0.15, -0.1) is 4.98 Å². The molecule has 37 heavy (non-hydrogen) atoms. The fourth-order valence-electron chi connectivity index (χ4n) is 4.99. The van der Waals surface area contributed by atoms with Gasteiger partial charge in [-0.25, -0.2) is 0 Å². The summed E-state index contributed by atoms with van der Waals surface area (Å²) in [5.74, 6) is 0.118. The molecule has 0 bridgehead atoms. The smallest absolute Gasteiger partial charge is 0.361 e. The van der Waals surface area contributed by atoms with Gasteiger partial charge in [-0.1, -0.05) is 60.6 Å². The zero-order valence-electron chi connectivity index (χ0n) is 20.0. The van der Waals surface area contributed by atoms with Gasteiger partial charge in [-0.05, 0) is 35.4 Å². The minimum atomic E-state index is -0.699. The van der Waals surface area contributed by atoms with Crippen LogP contribution in [0.5, 0.6) is 0 Å². The van der Waals surface area contributed by atoms with Gasteiger partial charge in [0.1, 0.15) is 0 Å². The van der Waals surface area contributed by atoms with Crippen molar-refractivity contribution in [1.29, 1.82) is 0 Å². The van der Waals surface area contributed by atoms with Gasteiger partial charge >= 0.3 is 11.2 Å². The Bertz CT molecular complexity index is 1570. The Kier molecular flexibility index (Phi) is 6.61. The molecular formula is C27H23ClN6O3. The Balaban J connectivity index is 1.54. The topological polar surface area (TPSA) is 88.9 Å². The minimum absolute atomic E-state index is 0.0252. The van der Waals surface area contributed by atoms with Crippen LogP contribution in [0.3, 0.4) is 0 Å². The number of nitrogens with zero attached hydrogens (tertiary/aromatic N) is 6. The lowest BCUT2D eigenvalue weighted by Crippen LogP contribution is -2.48. The second-order valence-electron chi connectivity index (χ2n) is 8.86. The second-order valence-corrected chi connectivity index (χ2v) is 9.29. The summed E-state index contributed by atoms with van der Waals surface area (Å²) in [4.78, 5) is 36.4. The molecule has 0 spiro atoms. The summed E-state index contributed by atoms with van der Waals surface area (Å²) >= 11 is 6.14. The van der Waals surface area contributed by atoms with Crippen LogP contribution in [0.2, 0.25) is 5.02 Å². The number of benzene rings is 2. The standard InChI is InChI=1S/C27H23ClN6O3/c1-29-22-13-12-21-23(30-22)25(26(34(36)37)27(35)31(21)2)33-16-14-32(15-17-33)24(18-6-4-3-5-7-18)19-8-10-20(28)11-9-19/h3-13,24H,14-17H2,2H3. The van der Waals surface area contributed by atoms with Gasteiger partial charge < -0.3 is 14.3 Å². The first kappa shape index (κ1) is 24.4. The largest absolute Gasteiger partial charge is 0.361 e. The normalized spacial score (nSPS) is 14.9. The highest BCUT2D eigenvalue weighted by atomic mass is 35.5. The number of pyridine rings is 2. The molecule has 1 saturated heterocycles. The van der Waals surface area contributed by atoms with Gasteiger partial charge in [0.25, 0.3) is 5.82 Å². The van der Waals surface area contributed by atoms with E-state index < -0.39 is 16.2 Å². The lowest BCUT2D eigenvalue weighted by atomic mass is 9.96. The zero-order valence-corrected chi connectivity index (χ0v) is 20.8. The van der Waals surface area contributed by atoms with Crippen molar-refractivity contribution in [2.45, 2.75) is 6.04 Å². The third-order valence-corrected chi connectivity index (χ3v) is 7.02. The van der Waals surface area contributed by atoms with E-state index in [4.69, 9.17) is 18.2 Å². The molecule has 0 amide bonds. The quantitative estimate of drug-likeness (QED) is 0.212. The number of hydrogen-bond donors (Lipinski definition) is 0. The van der Waals surface area contributed by atoms with E-state index in [1.807, 2.05) is 47.4 Å². The molecule has 2 aromatic carbocycles. The predicted octanol–water partition coefficient (Wildman–Crippen LogP) is 4.96. The summed E-state index contributed by atoms with van der Waals surface area (Å²) in [7, 11) is 1.48. The summed E-state index contributed by atoms with van der Waals surface area (Å²) in [6, 6.07) is 21.0. The summed E-state index contributed by atoms with van der Waals surface area (Å²) in [6.07, 6.45) is 0. The van der Waals surface area contributed by atoms with E-state index in [2.05, 4.69) is 26.9 Å². The summed E-state index contributed by atoms with van der Waals surface area (Å²) in [5.41, 5.74) is 1.92. The first-order valence-electron chi connectivity index (χ1n) is 11.7. The number of rotatable bonds is 5. The maximum atomic E-state index is 13.0. The third-order valence-electron chi connectivity index (χ3n) is 6.77. The maximum Gasteiger partial charge on any atom is 0.361 e. The Morgan fingerprint density at radius 1 is 1.00 bits per heavy atom. The third kappa shape index (κ3) is 4.53. The van der Waals surface area contributed by atoms with E-state index in [1.165, 1.54) is 17.7 Å². The average molecular weight is 515 g/mol. The summed E-state index contributed by atoms with van der Waals surface area (Å²) in [6.45, 7) is 9.44. The van der Waals surface area contributed by atoms with Crippen LogP contribution in [-0.4, -0.2) is 45.6 Å².